The van der Waals surface area contributed by atoms with Crippen LogP contribution in [0, 0.1) is 5.92 Å². The second-order valence-corrected chi connectivity index (χ2v) is 3.40. The van der Waals surface area contributed by atoms with E-state index in [-0.39, 0.29) is 0 Å². The van der Waals surface area contributed by atoms with Gasteiger partial charge in [0, 0.05) is 18.9 Å². The zero-order chi connectivity index (χ0) is 8.93. The Morgan fingerprint density at radius 2 is 2.54 bits per heavy atom. The minimum Gasteiger partial charge on any atom is -0.316 e. The van der Waals surface area contributed by atoms with Crippen molar-refractivity contribution in [2.75, 3.05) is 13.1 Å². The minimum absolute atomic E-state index is 0.709. The maximum atomic E-state index is 4.06. The molecule has 1 fully saturated rings. The summed E-state index contributed by atoms with van der Waals surface area (Å²) in [6.07, 6.45) is 9.38. The molecule has 0 aliphatic carbocycles. The quantitative estimate of drug-likeness (QED) is 0.738. The van der Waals surface area contributed by atoms with Gasteiger partial charge in [-0.3, -0.25) is 4.98 Å². The van der Waals surface area contributed by atoms with Crippen LogP contribution in [0.15, 0.2) is 30.6 Å². The van der Waals surface area contributed by atoms with Crippen molar-refractivity contribution >= 4 is 6.08 Å². The highest BCUT2D eigenvalue weighted by Crippen LogP contribution is 2.11. The SMILES string of the molecule is C(=C\C1CCNC1)/c1cccnc1. The second kappa shape index (κ2) is 4.19. The number of hydrogen-bond donors (Lipinski definition) is 1. The first-order chi connectivity index (χ1) is 6.45. The maximum Gasteiger partial charge on any atom is 0.0340 e. The van der Waals surface area contributed by atoms with E-state index >= 15 is 0 Å². The Kier molecular flexibility index (Phi) is 2.72. The summed E-state index contributed by atoms with van der Waals surface area (Å²) in [7, 11) is 0. The summed E-state index contributed by atoms with van der Waals surface area (Å²) in [6.45, 7) is 2.28. The molecule has 1 aliphatic rings. The van der Waals surface area contributed by atoms with Gasteiger partial charge in [0.25, 0.3) is 0 Å². The topological polar surface area (TPSA) is 24.9 Å². The summed E-state index contributed by atoms with van der Waals surface area (Å²) in [5, 5.41) is 3.34. The highest BCUT2D eigenvalue weighted by Gasteiger charge is 2.09. The molecule has 1 aromatic rings. The van der Waals surface area contributed by atoms with Crippen LogP contribution in [0.5, 0.6) is 0 Å². The molecule has 13 heavy (non-hydrogen) atoms. The van der Waals surface area contributed by atoms with Gasteiger partial charge in [0.1, 0.15) is 0 Å². The van der Waals surface area contributed by atoms with Gasteiger partial charge in [-0.05, 0) is 30.5 Å². The first kappa shape index (κ1) is 8.45. The number of rotatable bonds is 2. The van der Waals surface area contributed by atoms with E-state index in [9.17, 15) is 0 Å². The molecule has 1 saturated heterocycles. The molecule has 1 aromatic heterocycles. The van der Waals surface area contributed by atoms with Crippen molar-refractivity contribution in [1.29, 1.82) is 0 Å². The molecule has 0 radical (unpaired) electrons. The van der Waals surface area contributed by atoms with Crippen molar-refractivity contribution in [3.8, 4) is 0 Å². The van der Waals surface area contributed by atoms with E-state index in [0.29, 0.717) is 5.92 Å². The predicted molar refractivity (Wildman–Crippen MR) is 54.2 cm³/mol. The molecule has 1 unspecified atom stereocenters. The fourth-order valence-corrected chi connectivity index (χ4v) is 1.56. The lowest BCUT2D eigenvalue weighted by molar-refractivity contribution is 0.731. The first-order valence-corrected chi connectivity index (χ1v) is 4.74. The fraction of sp³-hybridized carbons (Fsp3) is 0.364. The summed E-state index contributed by atoms with van der Waals surface area (Å²) in [6, 6.07) is 4.04. The van der Waals surface area contributed by atoms with Gasteiger partial charge in [0.05, 0.1) is 0 Å². The molecular formula is C11H14N2. The van der Waals surface area contributed by atoms with Gasteiger partial charge in [-0.1, -0.05) is 18.2 Å². The summed E-state index contributed by atoms with van der Waals surface area (Å²) in [5.41, 5.74) is 1.19. The van der Waals surface area contributed by atoms with E-state index in [2.05, 4.69) is 28.5 Å². The van der Waals surface area contributed by atoms with Crippen LogP contribution in [0.25, 0.3) is 6.08 Å². The summed E-state index contributed by atoms with van der Waals surface area (Å²) >= 11 is 0. The third-order valence-corrected chi connectivity index (χ3v) is 2.34. The number of hydrogen-bond acceptors (Lipinski definition) is 2. The van der Waals surface area contributed by atoms with Crippen molar-refractivity contribution in [3.63, 3.8) is 0 Å². The number of aromatic nitrogens is 1. The number of pyridine rings is 1. The standard InChI is InChI=1S/C11H14N2/c1-2-10(8-12-6-1)3-4-11-5-7-13-9-11/h1-4,6,8,11,13H,5,7,9H2/b4-3+. The van der Waals surface area contributed by atoms with Crippen LogP contribution in [-0.2, 0) is 0 Å². The van der Waals surface area contributed by atoms with E-state index in [1.54, 1.807) is 6.20 Å². The van der Waals surface area contributed by atoms with Crippen molar-refractivity contribution < 1.29 is 0 Å². The molecule has 1 atom stereocenters. The van der Waals surface area contributed by atoms with E-state index in [1.807, 2.05) is 12.3 Å². The Hall–Kier alpha value is -1.15. The molecule has 0 saturated carbocycles. The smallest absolute Gasteiger partial charge is 0.0340 e. The highest BCUT2D eigenvalue weighted by molar-refractivity contribution is 5.47. The van der Waals surface area contributed by atoms with Gasteiger partial charge in [-0.15, -0.1) is 0 Å². The normalized spacial score (nSPS) is 22.6. The summed E-state index contributed by atoms with van der Waals surface area (Å²) in [5.74, 6) is 0.709. The zero-order valence-corrected chi connectivity index (χ0v) is 7.61. The average molecular weight is 174 g/mol. The lowest BCUT2D eigenvalue weighted by atomic mass is 10.1. The molecule has 0 aromatic carbocycles. The second-order valence-electron chi connectivity index (χ2n) is 3.40. The van der Waals surface area contributed by atoms with Crippen molar-refractivity contribution in [2.24, 2.45) is 5.92 Å². The van der Waals surface area contributed by atoms with Crippen LogP contribution < -0.4 is 5.32 Å². The fourth-order valence-electron chi connectivity index (χ4n) is 1.56. The third kappa shape index (κ3) is 2.39. The van der Waals surface area contributed by atoms with E-state index in [0.717, 1.165) is 13.1 Å². The van der Waals surface area contributed by atoms with Crippen LogP contribution in [-0.4, -0.2) is 18.1 Å². The minimum atomic E-state index is 0.709. The van der Waals surface area contributed by atoms with Crippen LogP contribution >= 0.6 is 0 Å². The average Bonchev–Trinajstić information content (AvgIpc) is 2.69. The Labute approximate surface area is 78.7 Å². The zero-order valence-electron chi connectivity index (χ0n) is 7.61. The first-order valence-electron chi connectivity index (χ1n) is 4.74. The molecular weight excluding hydrogens is 160 g/mol. The van der Waals surface area contributed by atoms with E-state index < -0.39 is 0 Å². The van der Waals surface area contributed by atoms with Crippen molar-refractivity contribution in [3.05, 3.63) is 36.2 Å². The van der Waals surface area contributed by atoms with Crippen LogP contribution in [0.2, 0.25) is 0 Å². The number of nitrogens with one attached hydrogen (secondary N) is 1. The monoisotopic (exact) mass is 174 g/mol. The molecule has 68 valence electrons. The molecule has 2 rings (SSSR count). The van der Waals surface area contributed by atoms with Gasteiger partial charge in [-0.2, -0.15) is 0 Å². The predicted octanol–water partition coefficient (Wildman–Crippen LogP) is 1.70. The Balaban J connectivity index is 1.97. The van der Waals surface area contributed by atoms with Gasteiger partial charge < -0.3 is 5.32 Å². The number of nitrogens with zero attached hydrogens (tertiary/aromatic N) is 1. The summed E-state index contributed by atoms with van der Waals surface area (Å²) in [4.78, 5) is 4.06. The van der Waals surface area contributed by atoms with Gasteiger partial charge in [0.2, 0.25) is 0 Å². The lowest BCUT2D eigenvalue weighted by Crippen LogP contribution is -2.07. The maximum absolute atomic E-state index is 4.06. The Morgan fingerprint density at radius 3 is 3.23 bits per heavy atom. The van der Waals surface area contributed by atoms with Gasteiger partial charge >= 0.3 is 0 Å². The molecule has 2 heteroatoms. The Morgan fingerprint density at radius 1 is 1.54 bits per heavy atom. The van der Waals surface area contributed by atoms with Gasteiger partial charge in [-0.25, -0.2) is 0 Å². The van der Waals surface area contributed by atoms with Crippen LogP contribution in [0.1, 0.15) is 12.0 Å². The molecule has 0 bridgehead atoms. The van der Waals surface area contributed by atoms with E-state index in [1.165, 1.54) is 12.0 Å². The highest BCUT2D eigenvalue weighted by atomic mass is 14.9. The Bertz CT molecular complexity index is 273. The molecule has 1 aliphatic heterocycles. The molecule has 0 amide bonds. The molecule has 1 N–H and O–H groups in total. The molecule has 0 spiro atoms. The summed E-state index contributed by atoms with van der Waals surface area (Å²) < 4.78 is 0. The van der Waals surface area contributed by atoms with E-state index in [4.69, 9.17) is 0 Å². The van der Waals surface area contributed by atoms with Crippen LogP contribution in [0.4, 0.5) is 0 Å². The van der Waals surface area contributed by atoms with Gasteiger partial charge in [0.15, 0.2) is 0 Å². The molecule has 2 heterocycles. The third-order valence-electron chi connectivity index (χ3n) is 2.34. The molecule has 2 nitrogen and oxygen atoms in total. The lowest BCUT2D eigenvalue weighted by Gasteiger charge is -1.98. The van der Waals surface area contributed by atoms with Crippen molar-refractivity contribution in [2.45, 2.75) is 6.42 Å². The van der Waals surface area contributed by atoms with Crippen molar-refractivity contribution in [1.82, 2.24) is 10.3 Å². The largest absolute Gasteiger partial charge is 0.316 e. The van der Waals surface area contributed by atoms with Crippen LogP contribution in [0.3, 0.4) is 0 Å².